The van der Waals surface area contributed by atoms with Crippen LogP contribution >= 0.6 is 0 Å². The van der Waals surface area contributed by atoms with E-state index in [0.29, 0.717) is 0 Å². The second-order valence-corrected chi connectivity index (χ2v) is 4.22. The van der Waals surface area contributed by atoms with Crippen molar-refractivity contribution in [2.75, 3.05) is 7.05 Å². The van der Waals surface area contributed by atoms with E-state index in [1.807, 2.05) is 13.4 Å². The minimum Gasteiger partial charge on any atom is -0.314 e. The Morgan fingerprint density at radius 1 is 1.24 bits per heavy atom. The molecule has 1 heterocycles. The molecule has 0 spiro atoms. The average molecular weight is 229 g/mol. The highest BCUT2D eigenvalue weighted by molar-refractivity contribution is 5.35. The Balaban J connectivity index is 2.15. The Hall–Kier alpha value is -1.61. The van der Waals surface area contributed by atoms with Gasteiger partial charge in [0.25, 0.3) is 0 Å². The highest BCUT2D eigenvalue weighted by Gasteiger charge is 2.00. The van der Waals surface area contributed by atoms with Crippen LogP contribution in [0.3, 0.4) is 0 Å². The summed E-state index contributed by atoms with van der Waals surface area (Å²) in [6.45, 7) is 3.01. The number of aryl methyl sites for hydroxylation is 1. The molecular formula is C14H19N3. The topological polar surface area (TPSA) is 29.9 Å². The van der Waals surface area contributed by atoms with E-state index in [0.717, 1.165) is 18.7 Å². The van der Waals surface area contributed by atoms with Gasteiger partial charge in [-0.3, -0.25) is 0 Å². The third kappa shape index (κ3) is 2.94. The lowest BCUT2D eigenvalue weighted by Crippen LogP contribution is -2.04. The monoisotopic (exact) mass is 229 g/mol. The molecule has 1 aromatic carbocycles. The summed E-state index contributed by atoms with van der Waals surface area (Å²) in [4.78, 5) is 4.34. The molecule has 0 radical (unpaired) electrons. The quantitative estimate of drug-likeness (QED) is 0.854. The Kier molecular flexibility index (Phi) is 3.94. The fourth-order valence-electron chi connectivity index (χ4n) is 1.90. The van der Waals surface area contributed by atoms with E-state index < -0.39 is 0 Å². The molecule has 0 aliphatic heterocycles. The summed E-state index contributed by atoms with van der Waals surface area (Å²) in [5, 5.41) is 3.10. The summed E-state index contributed by atoms with van der Waals surface area (Å²) in [6.07, 6.45) is 6.26. The number of benzene rings is 1. The third-order valence-electron chi connectivity index (χ3n) is 2.77. The highest BCUT2D eigenvalue weighted by atomic mass is 15.0. The maximum absolute atomic E-state index is 4.34. The van der Waals surface area contributed by atoms with Gasteiger partial charge in [0.15, 0.2) is 0 Å². The SMILES string of the molecule is CCCc1ccc(-n2cnc(CNC)c2)cc1. The molecule has 0 unspecified atom stereocenters. The Bertz CT molecular complexity index is 457. The van der Waals surface area contributed by atoms with Crippen molar-refractivity contribution < 1.29 is 0 Å². The molecule has 17 heavy (non-hydrogen) atoms. The summed E-state index contributed by atoms with van der Waals surface area (Å²) in [7, 11) is 1.93. The lowest BCUT2D eigenvalue weighted by atomic mass is 10.1. The van der Waals surface area contributed by atoms with E-state index in [2.05, 4.69) is 52.3 Å². The predicted octanol–water partition coefficient (Wildman–Crippen LogP) is 2.54. The first kappa shape index (κ1) is 11.9. The van der Waals surface area contributed by atoms with Crippen molar-refractivity contribution in [2.24, 2.45) is 0 Å². The summed E-state index contributed by atoms with van der Waals surface area (Å²) in [6, 6.07) is 8.68. The van der Waals surface area contributed by atoms with Crippen LogP contribution in [0.15, 0.2) is 36.8 Å². The number of hydrogen-bond acceptors (Lipinski definition) is 2. The van der Waals surface area contributed by atoms with Crippen LogP contribution in [0.25, 0.3) is 5.69 Å². The van der Waals surface area contributed by atoms with Gasteiger partial charge in [-0.25, -0.2) is 4.98 Å². The highest BCUT2D eigenvalue weighted by Crippen LogP contribution is 2.11. The number of aromatic nitrogens is 2. The van der Waals surface area contributed by atoms with Gasteiger partial charge in [-0.05, 0) is 31.2 Å². The molecule has 0 atom stereocenters. The number of hydrogen-bond donors (Lipinski definition) is 1. The lowest BCUT2D eigenvalue weighted by Gasteiger charge is -2.03. The zero-order chi connectivity index (χ0) is 12.1. The summed E-state index contributed by atoms with van der Waals surface area (Å²) in [5.74, 6) is 0. The maximum atomic E-state index is 4.34. The molecule has 0 bridgehead atoms. The Labute approximate surface area is 103 Å². The van der Waals surface area contributed by atoms with Gasteiger partial charge in [0.05, 0.1) is 12.0 Å². The second-order valence-electron chi connectivity index (χ2n) is 4.22. The standard InChI is InChI=1S/C14H19N3/c1-3-4-12-5-7-14(8-6-12)17-10-13(9-15-2)16-11-17/h5-8,10-11,15H,3-4,9H2,1-2H3. The van der Waals surface area contributed by atoms with Crippen LogP contribution in [0, 0.1) is 0 Å². The second kappa shape index (κ2) is 5.64. The normalized spacial score (nSPS) is 10.7. The molecule has 0 fully saturated rings. The predicted molar refractivity (Wildman–Crippen MR) is 70.3 cm³/mol. The first-order valence-corrected chi connectivity index (χ1v) is 6.10. The van der Waals surface area contributed by atoms with Gasteiger partial charge in [0, 0.05) is 18.4 Å². The minimum absolute atomic E-state index is 0.806. The average Bonchev–Trinajstić information content (AvgIpc) is 2.80. The first-order valence-electron chi connectivity index (χ1n) is 6.10. The Morgan fingerprint density at radius 3 is 2.65 bits per heavy atom. The van der Waals surface area contributed by atoms with Crippen molar-refractivity contribution in [2.45, 2.75) is 26.3 Å². The van der Waals surface area contributed by atoms with E-state index in [1.165, 1.54) is 17.7 Å². The third-order valence-corrected chi connectivity index (χ3v) is 2.77. The smallest absolute Gasteiger partial charge is 0.0995 e. The molecule has 2 rings (SSSR count). The minimum atomic E-state index is 0.806. The van der Waals surface area contributed by atoms with E-state index in [9.17, 15) is 0 Å². The van der Waals surface area contributed by atoms with Gasteiger partial charge in [-0.15, -0.1) is 0 Å². The molecule has 0 amide bonds. The molecule has 1 N–H and O–H groups in total. The largest absolute Gasteiger partial charge is 0.314 e. The van der Waals surface area contributed by atoms with Crippen LogP contribution in [-0.4, -0.2) is 16.6 Å². The van der Waals surface area contributed by atoms with Crippen molar-refractivity contribution in [3.8, 4) is 5.69 Å². The van der Waals surface area contributed by atoms with Crippen LogP contribution in [0.1, 0.15) is 24.6 Å². The zero-order valence-electron chi connectivity index (χ0n) is 10.5. The molecule has 1 aromatic heterocycles. The van der Waals surface area contributed by atoms with Crippen LogP contribution < -0.4 is 5.32 Å². The molecular weight excluding hydrogens is 210 g/mol. The zero-order valence-corrected chi connectivity index (χ0v) is 10.5. The van der Waals surface area contributed by atoms with E-state index in [-0.39, 0.29) is 0 Å². The molecule has 90 valence electrons. The maximum Gasteiger partial charge on any atom is 0.0995 e. The molecule has 2 aromatic rings. The first-order chi connectivity index (χ1) is 8.33. The van der Waals surface area contributed by atoms with Crippen LogP contribution in [0.4, 0.5) is 0 Å². The van der Waals surface area contributed by atoms with E-state index >= 15 is 0 Å². The summed E-state index contributed by atoms with van der Waals surface area (Å²) < 4.78 is 2.06. The molecule has 0 saturated carbocycles. The van der Waals surface area contributed by atoms with Gasteiger partial charge in [-0.2, -0.15) is 0 Å². The molecule has 0 saturated heterocycles. The fraction of sp³-hybridized carbons (Fsp3) is 0.357. The van der Waals surface area contributed by atoms with Crippen LogP contribution in [0.5, 0.6) is 0 Å². The molecule has 3 nitrogen and oxygen atoms in total. The van der Waals surface area contributed by atoms with Crippen molar-refractivity contribution in [1.82, 2.24) is 14.9 Å². The lowest BCUT2D eigenvalue weighted by molar-refractivity contribution is 0.796. The van der Waals surface area contributed by atoms with Crippen molar-refractivity contribution in [1.29, 1.82) is 0 Å². The van der Waals surface area contributed by atoms with Gasteiger partial charge < -0.3 is 9.88 Å². The Morgan fingerprint density at radius 2 is 2.00 bits per heavy atom. The van der Waals surface area contributed by atoms with E-state index in [1.54, 1.807) is 0 Å². The van der Waals surface area contributed by atoms with Gasteiger partial charge in [0.2, 0.25) is 0 Å². The molecule has 0 aliphatic carbocycles. The van der Waals surface area contributed by atoms with Crippen molar-refractivity contribution in [3.63, 3.8) is 0 Å². The van der Waals surface area contributed by atoms with Gasteiger partial charge in [0.1, 0.15) is 0 Å². The molecule has 3 heteroatoms. The number of imidazole rings is 1. The summed E-state index contributed by atoms with van der Waals surface area (Å²) >= 11 is 0. The van der Waals surface area contributed by atoms with Gasteiger partial charge >= 0.3 is 0 Å². The van der Waals surface area contributed by atoms with Crippen molar-refractivity contribution >= 4 is 0 Å². The van der Waals surface area contributed by atoms with Crippen molar-refractivity contribution in [3.05, 3.63) is 48.0 Å². The van der Waals surface area contributed by atoms with E-state index in [4.69, 9.17) is 0 Å². The number of nitrogens with zero attached hydrogens (tertiary/aromatic N) is 2. The van der Waals surface area contributed by atoms with Crippen LogP contribution in [0.2, 0.25) is 0 Å². The van der Waals surface area contributed by atoms with Crippen LogP contribution in [-0.2, 0) is 13.0 Å². The number of nitrogens with one attached hydrogen (secondary N) is 1. The fourth-order valence-corrected chi connectivity index (χ4v) is 1.90. The number of rotatable bonds is 5. The summed E-state index contributed by atoms with van der Waals surface area (Å²) in [5.41, 5.74) is 3.62. The van der Waals surface area contributed by atoms with Gasteiger partial charge in [-0.1, -0.05) is 25.5 Å². The molecule has 0 aliphatic rings.